The van der Waals surface area contributed by atoms with Gasteiger partial charge in [0.15, 0.2) is 0 Å². The van der Waals surface area contributed by atoms with Gasteiger partial charge >= 0.3 is 0 Å². The Morgan fingerprint density at radius 3 is 2.15 bits per heavy atom. The maximum absolute atomic E-state index is 12.1. The van der Waals surface area contributed by atoms with Gasteiger partial charge in [-0.05, 0) is 26.8 Å². The molecule has 2 aromatic heterocycles. The summed E-state index contributed by atoms with van der Waals surface area (Å²) in [6, 6.07) is 3.72. The lowest BCUT2D eigenvalue weighted by atomic mass is 10.0. The van der Waals surface area contributed by atoms with Crippen molar-refractivity contribution in [2.45, 2.75) is 26.7 Å². The number of rotatable bonds is 5. The summed E-state index contributed by atoms with van der Waals surface area (Å²) < 4.78 is 26.9. The number of aromatic nitrogens is 4. The highest BCUT2D eigenvalue weighted by Crippen LogP contribution is 2.29. The van der Waals surface area contributed by atoms with Gasteiger partial charge in [-0.15, -0.1) is 0 Å². The summed E-state index contributed by atoms with van der Waals surface area (Å²) >= 11 is 0. The highest BCUT2D eigenvalue weighted by molar-refractivity contribution is 7.86. The molecule has 3 heterocycles. The maximum Gasteiger partial charge on any atom is 0.281 e. The quantitative estimate of drug-likeness (QED) is 0.833. The summed E-state index contributed by atoms with van der Waals surface area (Å²) in [6.45, 7) is 6.45. The fourth-order valence-electron chi connectivity index (χ4n) is 2.76. The number of hydrogen-bond acceptors (Lipinski definition) is 7. The molecule has 0 aromatic carbocycles. The lowest BCUT2D eigenvalue weighted by Gasteiger charge is -2.38. The van der Waals surface area contributed by atoms with E-state index in [1.807, 2.05) is 32.9 Å². The number of anilines is 2. The number of aryl methyl sites for hydroxylation is 3. The first-order valence-corrected chi connectivity index (χ1v) is 9.67. The van der Waals surface area contributed by atoms with Gasteiger partial charge in [0.2, 0.25) is 5.95 Å². The first-order valence-electron chi connectivity index (χ1n) is 8.27. The van der Waals surface area contributed by atoms with Crippen LogP contribution >= 0.6 is 0 Å². The fourth-order valence-corrected chi connectivity index (χ4v) is 3.95. The topological polar surface area (TPSA) is 104 Å². The molecule has 1 aliphatic rings. The van der Waals surface area contributed by atoms with E-state index in [9.17, 15) is 8.42 Å². The van der Waals surface area contributed by atoms with Crippen molar-refractivity contribution in [2.24, 2.45) is 0 Å². The second kappa shape index (κ2) is 6.86. The molecule has 0 saturated carbocycles. The molecule has 0 amide bonds. The standard InChI is InChI=1S/C16H23N7O2S/c1-10-6-11(2)19-16(18-10)21-14-7-12(3)17-15(20-14)13-8-23(9-13)26(24,25)22(4)5/h6-7,13H,8-9H2,1-5H3,(H,17,18,19,20,21). The van der Waals surface area contributed by atoms with Crippen LogP contribution in [0.25, 0.3) is 0 Å². The molecule has 2 aromatic rings. The Morgan fingerprint density at radius 2 is 1.58 bits per heavy atom. The van der Waals surface area contributed by atoms with Crippen LogP contribution in [0.3, 0.4) is 0 Å². The molecule has 1 N–H and O–H groups in total. The second-order valence-electron chi connectivity index (χ2n) is 6.66. The molecular weight excluding hydrogens is 354 g/mol. The van der Waals surface area contributed by atoms with Crippen molar-refractivity contribution in [3.05, 3.63) is 35.0 Å². The molecule has 3 rings (SSSR count). The first-order chi connectivity index (χ1) is 12.1. The summed E-state index contributed by atoms with van der Waals surface area (Å²) in [6.07, 6.45) is 0. The molecule has 0 spiro atoms. The molecule has 9 nitrogen and oxygen atoms in total. The zero-order valence-corrected chi connectivity index (χ0v) is 16.4. The highest BCUT2D eigenvalue weighted by atomic mass is 32.2. The Morgan fingerprint density at radius 1 is 1.00 bits per heavy atom. The van der Waals surface area contributed by atoms with Crippen molar-refractivity contribution in [1.29, 1.82) is 0 Å². The first kappa shape index (κ1) is 18.6. The maximum atomic E-state index is 12.1. The lowest BCUT2D eigenvalue weighted by molar-refractivity contribution is 0.242. The van der Waals surface area contributed by atoms with Gasteiger partial charge < -0.3 is 5.32 Å². The van der Waals surface area contributed by atoms with Crippen molar-refractivity contribution in [3.8, 4) is 0 Å². The van der Waals surface area contributed by atoms with Crippen LogP contribution in [0, 0.1) is 20.8 Å². The predicted octanol–water partition coefficient (Wildman–Crippen LogP) is 1.14. The second-order valence-corrected chi connectivity index (χ2v) is 8.80. The average molecular weight is 377 g/mol. The van der Waals surface area contributed by atoms with E-state index in [-0.39, 0.29) is 5.92 Å². The average Bonchev–Trinajstić information content (AvgIpc) is 2.43. The Balaban J connectivity index is 1.77. The van der Waals surface area contributed by atoms with E-state index in [0.29, 0.717) is 30.7 Å². The summed E-state index contributed by atoms with van der Waals surface area (Å²) in [5.41, 5.74) is 2.54. The third-order valence-electron chi connectivity index (χ3n) is 4.09. The van der Waals surface area contributed by atoms with Gasteiger partial charge in [0, 0.05) is 56.3 Å². The molecule has 0 radical (unpaired) electrons. The zero-order chi connectivity index (χ0) is 19.1. The Kier molecular flexibility index (Phi) is 4.91. The van der Waals surface area contributed by atoms with Crippen LogP contribution in [0.15, 0.2) is 12.1 Å². The molecule has 26 heavy (non-hydrogen) atoms. The van der Waals surface area contributed by atoms with E-state index in [2.05, 4.69) is 25.3 Å². The summed E-state index contributed by atoms with van der Waals surface area (Å²) in [7, 11) is -0.333. The fraction of sp³-hybridized carbons (Fsp3) is 0.500. The van der Waals surface area contributed by atoms with Crippen LogP contribution in [-0.2, 0) is 10.2 Å². The van der Waals surface area contributed by atoms with Crippen LogP contribution in [-0.4, -0.2) is 64.1 Å². The third kappa shape index (κ3) is 3.81. The van der Waals surface area contributed by atoms with Crippen LogP contribution in [0.5, 0.6) is 0 Å². The van der Waals surface area contributed by atoms with Gasteiger partial charge in [-0.25, -0.2) is 19.9 Å². The van der Waals surface area contributed by atoms with Crippen molar-refractivity contribution >= 4 is 22.0 Å². The normalized spacial score (nSPS) is 15.9. The SMILES string of the molecule is Cc1cc(C)nc(Nc2cc(C)nc(C3CN(S(=O)(=O)N(C)C)C3)n2)n1. The van der Waals surface area contributed by atoms with Crippen molar-refractivity contribution < 1.29 is 8.42 Å². The number of hydrogen-bond donors (Lipinski definition) is 1. The van der Waals surface area contributed by atoms with E-state index in [4.69, 9.17) is 0 Å². The smallest absolute Gasteiger partial charge is 0.281 e. The van der Waals surface area contributed by atoms with Crippen LogP contribution in [0.2, 0.25) is 0 Å². The number of nitrogens with one attached hydrogen (secondary N) is 1. The van der Waals surface area contributed by atoms with Crippen LogP contribution in [0.1, 0.15) is 28.8 Å². The van der Waals surface area contributed by atoms with Crippen molar-refractivity contribution in [3.63, 3.8) is 0 Å². The Labute approximate surface area is 153 Å². The highest BCUT2D eigenvalue weighted by Gasteiger charge is 2.39. The minimum Gasteiger partial charge on any atom is -0.309 e. The molecule has 0 unspecified atom stereocenters. The molecule has 10 heteroatoms. The van der Waals surface area contributed by atoms with Crippen LogP contribution in [0.4, 0.5) is 11.8 Å². The molecule has 0 aliphatic carbocycles. The van der Waals surface area contributed by atoms with E-state index >= 15 is 0 Å². The molecular formula is C16H23N7O2S. The summed E-state index contributed by atoms with van der Waals surface area (Å²) in [5, 5.41) is 3.12. The molecule has 1 fully saturated rings. The summed E-state index contributed by atoms with van der Waals surface area (Å²) in [5.74, 6) is 1.69. The van der Waals surface area contributed by atoms with Gasteiger partial charge in [-0.3, -0.25) is 0 Å². The van der Waals surface area contributed by atoms with Gasteiger partial charge in [0.25, 0.3) is 10.2 Å². The van der Waals surface area contributed by atoms with Gasteiger partial charge in [0.05, 0.1) is 0 Å². The Hall–Kier alpha value is -2.17. The monoisotopic (exact) mass is 377 g/mol. The Bertz CT molecular complexity index is 904. The van der Waals surface area contributed by atoms with Gasteiger partial charge in [-0.2, -0.15) is 17.0 Å². The third-order valence-corrected chi connectivity index (χ3v) is 5.97. The van der Waals surface area contributed by atoms with Crippen molar-refractivity contribution in [2.75, 3.05) is 32.5 Å². The van der Waals surface area contributed by atoms with Gasteiger partial charge in [-0.1, -0.05) is 0 Å². The molecule has 0 atom stereocenters. The minimum atomic E-state index is -3.38. The predicted molar refractivity (Wildman–Crippen MR) is 98.5 cm³/mol. The largest absolute Gasteiger partial charge is 0.309 e. The van der Waals surface area contributed by atoms with E-state index in [1.54, 1.807) is 0 Å². The lowest BCUT2D eigenvalue weighted by Crippen LogP contribution is -2.52. The van der Waals surface area contributed by atoms with Gasteiger partial charge in [0.1, 0.15) is 11.6 Å². The van der Waals surface area contributed by atoms with E-state index in [0.717, 1.165) is 17.1 Å². The van der Waals surface area contributed by atoms with Crippen LogP contribution < -0.4 is 5.32 Å². The molecule has 1 saturated heterocycles. The zero-order valence-electron chi connectivity index (χ0n) is 15.6. The molecule has 0 bridgehead atoms. The molecule has 1 aliphatic heterocycles. The minimum absolute atomic E-state index is 0.0228. The van der Waals surface area contributed by atoms with E-state index < -0.39 is 10.2 Å². The molecule has 140 valence electrons. The summed E-state index contributed by atoms with van der Waals surface area (Å²) in [4.78, 5) is 17.7. The van der Waals surface area contributed by atoms with E-state index in [1.165, 1.54) is 22.7 Å². The number of nitrogens with zero attached hydrogens (tertiary/aromatic N) is 6. The van der Waals surface area contributed by atoms with Crippen molar-refractivity contribution in [1.82, 2.24) is 28.5 Å².